The maximum Gasteiger partial charge on any atom is 0.416 e. The van der Waals surface area contributed by atoms with E-state index in [1.54, 1.807) is 13.0 Å². The van der Waals surface area contributed by atoms with Gasteiger partial charge in [-0.25, -0.2) is 0 Å². The van der Waals surface area contributed by atoms with Crippen molar-refractivity contribution in [1.82, 2.24) is 5.32 Å². The first-order valence-electron chi connectivity index (χ1n) is 7.38. The van der Waals surface area contributed by atoms with E-state index in [1.165, 1.54) is 12.1 Å². The summed E-state index contributed by atoms with van der Waals surface area (Å²) in [5.74, 6) is 0. The Labute approximate surface area is 123 Å². The van der Waals surface area contributed by atoms with Gasteiger partial charge in [0.1, 0.15) is 0 Å². The van der Waals surface area contributed by atoms with Gasteiger partial charge < -0.3 is 10.4 Å². The fourth-order valence-corrected chi connectivity index (χ4v) is 3.13. The van der Waals surface area contributed by atoms with Crippen LogP contribution in [0, 0.1) is 5.41 Å². The van der Waals surface area contributed by atoms with Crippen molar-refractivity contribution >= 4 is 0 Å². The molecule has 0 radical (unpaired) electrons. The zero-order chi connectivity index (χ0) is 15.5. The minimum atomic E-state index is -4.34. The summed E-state index contributed by atoms with van der Waals surface area (Å²) in [6.45, 7) is 2.38. The average molecular weight is 301 g/mol. The molecule has 0 heterocycles. The molecule has 0 saturated heterocycles. The van der Waals surface area contributed by atoms with Gasteiger partial charge in [0.25, 0.3) is 0 Å². The topological polar surface area (TPSA) is 32.3 Å². The molecule has 1 aromatic rings. The van der Waals surface area contributed by atoms with E-state index in [0.717, 1.165) is 31.7 Å². The first kappa shape index (κ1) is 16.3. The molecule has 2 rings (SSSR count). The highest BCUT2D eigenvalue weighted by molar-refractivity contribution is 5.32. The lowest BCUT2D eigenvalue weighted by Crippen LogP contribution is -2.36. The van der Waals surface area contributed by atoms with Crippen molar-refractivity contribution in [3.05, 3.63) is 35.4 Å². The van der Waals surface area contributed by atoms with Crippen molar-refractivity contribution in [2.75, 3.05) is 13.2 Å². The first-order valence-corrected chi connectivity index (χ1v) is 7.38. The third kappa shape index (κ3) is 3.77. The number of hydrogen-bond donors (Lipinski definition) is 2. The van der Waals surface area contributed by atoms with E-state index in [2.05, 4.69) is 5.32 Å². The Balaban J connectivity index is 2.09. The summed E-state index contributed by atoms with van der Waals surface area (Å²) in [5.41, 5.74) is -0.493. The summed E-state index contributed by atoms with van der Waals surface area (Å²) in [6.07, 6.45) is -0.311. The van der Waals surface area contributed by atoms with E-state index in [9.17, 15) is 18.3 Å². The normalized spacial score (nSPS) is 19.7. The zero-order valence-electron chi connectivity index (χ0n) is 12.2. The molecule has 1 saturated carbocycles. The number of aliphatic hydroxyl groups excluding tert-OH is 1. The molecule has 2 N–H and O–H groups in total. The predicted octanol–water partition coefficient (Wildman–Crippen LogP) is 3.91. The van der Waals surface area contributed by atoms with Crippen LogP contribution in [0.3, 0.4) is 0 Å². The predicted molar refractivity (Wildman–Crippen MR) is 75.8 cm³/mol. The van der Waals surface area contributed by atoms with E-state index in [-0.39, 0.29) is 17.6 Å². The molecule has 1 aliphatic rings. The number of rotatable bonds is 5. The van der Waals surface area contributed by atoms with Crippen molar-refractivity contribution in [2.45, 2.75) is 44.8 Å². The number of nitrogens with one attached hydrogen (secondary N) is 1. The van der Waals surface area contributed by atoms with E-state index in [0.29, 0.717) is 6.54 Å². The van der Waals surface area contributed by atoms with Gasteiger partial charge in [0.2, 0.25) is 0 Å². The fraction of sp³-hybridized carbons (Fsp3) is 0.625. The van der Waals surface area contributed by atoms with Crippen LogP contribution >= 0.6 is 0 Å². The molecule has 1 unspecified atom stereocenters. The van der Waals surface area contributed by atoms with E-state index in [4.69, 9.17) is 0 Å². The monoisotopic (exact) mass is 301 g/mol. The SMILES string of the molecule is CC(NCC1(CO)CCCC1)c1ccccc1C(F)(F)F. The Kier molecular flexibility index (Phi) is 4.94. The third-order valence-corrected chi connectivity index (χ3v) is 4.52. The molecule has 0 aromatic heterocycles. The Morgan fingerprint density at radius 1 is 1.24 bits per heavy atom. The maximum atomic E-state index is 13.0. The fourth-order valence-electron chi connectivity index (χ4n) is 3.13. The molecule has 2 nitrogen and oxygen atoms in total. The van der Waals surface area contributed by atoms with Gasteiger partial charge in [-0.05, 0) is 31.4 Å². The minimum Gasteiger partial charge on any atom is -0.396 e. The van der Waals surface area contributed by atoms with Gasteiger partial charge in [-0.1, -0.05) is 31.0 Å². The summed E-state index contributed by atoms with van der Waals surface area (Å²) in [5, 5.41) is 12.7. The summed E-state index contributed by atoms with van der Waals surface area (Å²) < 4.78 is 39.1. The third-order valence-electron chi connectivity index (χ3n) is 4.52. The smallest absolute Gasteiger partial charge is 0.396 e. The summed E-state index contributed by atoms with van der Waals surface area (Å²) in [7, 11) is 0. The van der Waals surface area contributed by atoms with Crippen LogP contribution in [0.2, 0.25) is 0 Å². The number of aliphatic hydroxyl groups is 1. The highest BCUT2D eigenvalue weighted by atomic mass is 19.4. The number of alkyl halides is 3. The Bertz CT molecular complexity index is 467. The van der Waals surface area contributed by atoms with Gasteiger partial charge in [0.15, 0.2) is 0 Å². The molecule has 0 spiro atoms. The van der Waals surface area contributed by atoms with Crippen molar-refractivity contribution in [1.29, 1.82) is 0 Å². The van der Waals surface area contributed by atoms with Crippen molar-refractivity contribution in [3.8, 4) is 0 Å². The Morgan fingerprint density at radius 2 is 1.86 bits per heavy atom. The van der Waals surface area contributed by atoms with Crippen LogP contribution in [-0.2, 0) is 6.18 Å². The molecule has 21 heavy (non-hydrogen) atoms. The van der Waals surface area contributed by atoms with Gasteiger partial charge in [-0.2, -0.15) is 13.2 Å². The lowest BCUT2D eigenvalue weighted by molar-refractivity contribution is -0.138. The van der Waals surface area contributed by atoms with Crippen LogP contribution in [0.1, 0.15) is 49.8 Å². The Hall–Kier alpha value is -1.07. The quantitative estimate of drug-likeness (QED) is 0.864. The van der Waals surface area contributed by atoms with E-state index >= 15 is 0 Å². The van der Waals surface area contributed by atoms with Gasteiger partial charge in [0.05, 0.1) is 5.56 Å². The molecule has 1 fully saturated rings. The first-order chi connectivity index (χ1) is 9.88. The lowest BCUT2D eigenvalue weighted by atomic mass is 9.86. The number of hydrogen-bond acceptors (Lipinski definition) is 2. The summed E-state index contributed by atoms with van der Waals surface area (Å²) >= 11 is 0. The van der Waals surface area contributed by atoms with Crippen molar-refractivity contribution in [2.24, 2.45) is 5.41 Å². The zero-order valence-corrected chi connectivity index (χ0v) is 12.2. The van der Waals surface area contributed by atoms with Crippen LogP contribution in [0.25, 0.3) is 0 Å². The van der Waals surface area contributed by atoms with Crippen LogP contribution < -0.4 is 5.32 Å². The summed E-state index contributed by atoms with van der Waals surface area (Å²) in [4.78, 5) is 0. The van der Waals surface area contributed by atoms with Gasteiger partial charge in [-0.15, -0.1) is 0 Å². The second-order valence-corrected chi connectivity index (χ2v) is 6.05. The van der Waals surface area contributed by atoms with E-state index < -0.39 is 17.8 Å². The van der Waals surface area contributed by atoms with E-state index in [1.807, 2.05) is 0 Å². The molecule has 5 heteroatoms. The summed E-state index contributed by atoms with van der Waals surface area (Å²) in [6, 6.07) is 5.27. The lowest BCUT2D eigenvalue weighted by Gasteiger charge is -2.29. The van der Waals surface area contributed by atoms with Crippen LogP contribution in [0.4, 0.5) is 13.2 Å². The van der Waals surface area contributed by atoms with Gasteiger partial charge in [-0.3, -0.25) is 0 Å². The standard InChI is InChI=1S/C16H22F3NO/c1-12(20-10-15(11-21)8-4-5-9-15)13-6-2-3-7-14(13)16(17,18)19/h2-3,6-7,12,20-21H,4-5,8-11H2,1H3. The number of halogens is 3. The maximum absolute atomic E-state index is 13.0. The second kappa shape index (κ2) is 6.36. The van der Waals surface area contributed by atoms with Crippen molar-refractivity contribution in [3.63, 3.8) is 0 Å². The van der Waals surface area contributed by atoms with Crippen LogP contribution in [0.15, 0.2) is 24.3 Å². The Morgan fingerprint density at radius 3 is 2.43 bits per heavy atom. The van der Waals surface area contributed by atoms with Gasteiger partial charge >= 0.3 is 6.18 Å². The van der Waals surface area contributed by atoms with Crippen LogP contribution in [0.5, 0.6) is 0 Å². The molecule has 1 aliphatic carbocycles. The second-order valence-electron chi connectivity index (χ2n) is 6.05. The average Bonchev–Trinajstić information content (AvgIpc) is 2.93. The number of benzene rings is 1. The molecule has 0 bridgehead atoms. The largest absolute Gasteiger partial charge is 0.416 e. The molecule has 1 atom stereocenters. The highest BCUT2D eigenvalue weighted by Gasteiger charge is 2.36. The molecule has 0 aliphatic heterocycles. The molecule has 1 aromatic carbocycles. The molecule has 118 valence electrons. The minimum absolute atomic E-state index is 0.0909. The van der Waals surface area contributed by atoms with Crippen molar-refractivity contribution < 1.29 is 18.3 Å². The highest BCUT2D eigenvalue weighted by Crippen LogP contribution is 2.38. The van der Waals surface area contributed by atoms with Gasteiger partial charge in [0, 0.05) is 24.6 Å². The molecule has 0 amide bonds. The molecular weight excluding hydrogens is 279 g/mol. The molecular formula is C16H22F3NO. The van der Waals surface area contributed by atoms with Crippen LogP contribution in [-0.4, -0.2) is 18.3 Å².